The van der Waals surface area contributed by atoms with Gasteiger partial charge in [-0.1, -0.05) is 27.7 Å². The monoisotopic (exact) mass is 164 g/mol. The van der Waals surface area contributed by atoms with Gasteiger partial charge in [-0.3, -0.25) is 0 Å². The molecule has 11 heavy (non-hydrogen) atoms. The Labute approximate surface area is 68.0 Å². The third-order valence-corrected chi connectivity index (χ3v) is 2.54. The molecule has 0 fully saturated rings. The molecule has 68 valence electrons. The maximum absolute atomic E-state index is 13.2. The molecule has 0 aliphatic rings. The van der Waals surface area contributed by atoms with Gasteiger partial charge in [0.05, 0.1) is 0 Å². The van der Waals surface area contributed by atoms with Gasteiger partial charge in [-0.2, -0.15) is 0 Å². The maximum Gasteiger partial charge on any atom is 0.253 e. The first-order valence-corrected chi connectivity index (χ1v) is 4.34. The second-order valence-electron chi connectivity index (χ2n) is 3.29. The van der Waals surface area contributed by atoms with Crippen LogP contribution in [0.5, 0.6) is 0 Å². The van der Waals surface area contributed by atoms with E-state index in [2.05, 4.69) is 0 Å². The van der Waals surface area contributed by atoms with E-state index in [4.69, 9.17) is 0 Å². The van der Waals surface area contributed by atoms with E-state index in [9.17, 15) is 8.78 Å². The Balaban J connectivity index is 4.18. The molecule has 0 nitrogen and oxygen atoms in total. The average molecular weight is 164 g/mol. The highest BCUT2D eigenvalue weighted by Crippen LogP contribution is 2.35. The lowest BCUT2D eigenvalue weighted by Gasteiger charge is -2.27. The van der Waals surface area contributed by atoms with Gasteiger partial charge in [-0.15, -0.1) is 0 Å². The minimum atomic E-state index is -2.48. The minimum Gasteiger partial charge on any atom is -0.206 e. The molecule has 0 heterocycles. The van der Waals surface area contributed by atoms with E-state index in [1.165, 1.54) is 0 Å². The van der Waals surface area contributed by atoms with Crippen LogP contribution >= 0.6 is 0 Å². The highest BCUT2D eigenvalue weighted by Gasteiger charge is 2.39. The smallest absolute Gasteiger partial charge is 0.206 e. The lowest BCUT2D eigenvalue weighted by atomic mass is 9.89. The van der Waals surface area contributed by atoms with Crippen molar-refractivity contribution in [1.29, 1.82) is 0 Å². The topological polar surface area (TPSA) is 0 Å². The fraction of sp³-hybridized carbons (Fsp3) is 1.00. The molecule has 2 unspecified atom stereocenters. The molecule has 0 radical (unpaired) electrons. The van der Waals surface area contributed by atoms with Gasteiger partial charge in [-0.25, -0.2) is 8.78 Å². The molecule has 0 aromatic carbocycles. The number of halogens is 2. The zero-order chi connectivity index (χ0) is 9.07. The lowest BCUT2D eigenvalue weighted by Crippen LogP contribution is -2.32. The van der Waals surface area contributed by atoms with Gasteiger partial charge in [0.25, 0.3) is 5.92 Å². The highest BCUT2D eigenvalue weighted by molar-refractivity contribution is 4.77. The normalized spacial score (nSPS) is 18.0. The van der Waals surface area contributed by atoms with Crippen molar-refractivity contribution >= 4 is 0 Å². The summed E-state index contributed by atoms with van der Waals surface area (Å²) in [5.74, 6) is -3.46. The molecule has 2 heteroatoms. The summed E-state index contributed by atoms with van der Waals surface area (Å²) in [6, 6.07) is 0. The van der Waals surface area contributed by atoms with E-state index < -0.39 is 17.8 Å². The van der Waals surface area contributed by atoms with Gasteiger partial charge in [0.15, 0.2) is 0 Å². The summed E-state index contributed by atoms with van der Waals surface area (Å²) < 4.78 is 26.4. The second-order valence-corrected chi connectivity index (χ2v) is 3.29. The minimum absolute atomic E-state index is 0.488. The van der Waals surface area contributed by atoms with E-state index >= 15 is 0 Å². The van der Waals surface area contributed by atoms with Crippen LogP contribution in [0.4, 0.5) is 8.78 Å². The van der Waals surface area contributed by atoms with E-state index in [1.807, 2.05) is 0 Å². The molecular formula is C9H18F2. The average Bonchev–Trinajstić information content (AvgIpc) is 2.01. The summed E-state index contributed by atoms with van der Waals surface area (Å²) >= 11 is 0. The van der Waals surface area contributed by atoms with Crippen molar-refractivity contribution in [2.24, 2.45) is 11.8 Å². The predicted molar refractivity (Wildman–Crippen MR) is 43.9 cm³/mol. The molecule has 0 aliphatic carbocycles. The van der Waals surface area contributed by atoms with Gasteiger partial charge in [0.2, 0.25) is 0 Å². The van der Waals surface area contributed by atoms with Crippen molar-refractivity contribution in [2.45, 2.75) is 46.5 Å². The Hall–Kier alpha value is -0.140. The standard InChI is InChI=1S/C9H18F2/c1-5-7(3)9(10,11)8(4)6-2/h7-8H,5-6H2,1-4H3. The zero-order valence-corrected chi connectivity index (χ0v) is 7.82. The molecule has 0 aliphatic heterocycles. The Morgan fingerprint density at radius 3 is 1.45 bits per heavy atom. The summed E-state index contributed by atoms with van der Waals surface area (Å²) in [5, 5.41) is 0. The number of alkyl halides is 2. The van der Waals surface area contributed by atoms with Crippen molar-refractivity contribution in [3.63, 3.8) is 0 Å². The van der Waals surface area contributed by atoms with Gasteiger partial charge in [-0.05, 0) is 12.8 Å². The van der Waals surface area contributed by atoms with Crippen LogP contribution in [-0.4, -0.2) is 5.92 Å². The van der Waals surface area contributed by atoms with E-state index in [-0.39, 0.29) is 0 Å². The van der Waals surface area contributed by atoms with Gasteiger partial charge >= 0.3 is 0 Å². The molecule has 0 N–H and O–H groups in total. The quantitative estimate of drug-likeness (QED) is 0.594. The molecule has 0 aromatic heterocycles. The maximum atomic E-state index is 13.2. The predicted octanol–water partition coefficient (Wildman–Crippen LogP) is 3.71. The van der Waals surface area contributed by atoms with E-state index in [0.717, 1.165) is 0 Å². The van der Waals surface area contributed by atoms with Crippen LogP contribution in [0, 0.1) is 11.8 Å². The Morgan fingerprint density at radius 2 is 1.27 bits per heavy atom. The summed E-state index contributed by atoms with van der Waals surface area (Å²) in [5.41, 5.74) is 0. The third-order valence-electron chi connectivity index (χ3n) is 2.54. The molecular weight excluding hydrogens is 146 g/mol. The Kier molecular flexibility index (Phi) is 3.98. The largest absolute Gasteiger partial charge is 0.253 e. The fourth-order valence-electron chi connectivity index (χ4n) is 1.03. The summed E-state index contributed by atoms with van der Waals surface area (Å²) in [6.45, 7) is 6.85. The van der Waals surface area contributed by atoms with Crippen LogP contribution < -0.4 is 0 Å². The van der Waals surface area contributed by atoms with Crippen molar-refractivity contribution in [3.8, 4) is 0 Å². The van der Waals surface area contributed by atoms with Crippen molar-refractivity contribution in [3.05, 3.63) is 0 Å². The molecule has 0 aromatic rings. The number of rotatable bonds is 4. The van der Waals surface area contributed by atoms with Crippen LogP contribution in [0.2, 0.25) is 0 Å². The third kappa shape index (κ3) is 2.42. The van der Waals surface area contributed by atoms with Gasteiger partial charge in [0.1, 0.15) is 0 Å². The molecule has 2 atom stereocenters. The van der Waals surface area contributed by atoms with Gasteiger partial charge in [0, 0.05) is 11.8 Å². The van der Waals surface area contributed by atoms with E-state index in [0.29, 0.717) is 12.8 Å². The lowest BCUT2D eigenvalue weighted by molar-refractivity contribution is -0.0993. The molecule has 0 amide bonds. The fourth-order valence-corrected chi connectivity index (χ4v) is 1.03. The summed E-state index contributed by atoms with van der Waals surface area (Å²) in [6.07, 6.45) is 1.11. The number of hydrogen-bond acceptors (Lipinski definition) is 0. The van der Waals surface area contributed by atoms with Gasteiger partial charge < -0.3 is 0 Å². The summed E-state index contributed by atoms with van der Waals surface area (Å²) in [7, 11) is 0. The number of hydrogen-bond donors (Lipinski definition) is 0. The first-order valence-electron chi connectivity index (χ1n) is 4.34. The van der Waals surface area contributed by atoms with Crippen LogP contribution in [0.25, 0.3) is 0 Å². The SMILES string of the molecule is CCC(C)C(F)(F)C(C)CC. The van der Waals surface area contributed by atoms with Crippen LogP contribution in [0.15, 0.2) is 0 Å². The van der Waals surface area contributed by atoms with E-state index in [1.54, 1.807) is 27.7 Å². The van der Waals surface area contributed by atoms with Crippen molar-refractivity contribution in [1.82, 2.24) is 0 Å². The van der Waals surface area contributed by atoms with Crippen molar-refractivity contribution in [2.75, 3.05) is 0 Å². The molecule has 0 bridgehead atoms. The first kappa shape index (κ1) is 10.9. The van der Waals surface area contributed by atoms with Crippen LogP contribution in [-0.2, 0) is 0 Å². The van der Waals surface area contributed by atoms with Crippen molar-refractivity contribution < 1.29 is 8.78 Å². The Morgan fingerprint density at radius 1 is 1.00 bits per heavy atom. The Bertz CT molecular complexity index is 98.1. The van der Waals surface area contributed by atoms with Crippen LogP contribution in [0.3, 0.4) is 0 Å². The molecule has 0 saturated heterocycles. The zero-order valence-electron chi connectivity index (χ0n) is 7.82. The second kappa shape index (κ2) is 4.03. The molecule has 0 rings (SSSR count). The summed E-state index contributed by atoms with van der Waals surface area (Å²) in [4.78, 5) is 0. The molecule has 0 spiro atoms. The highest BCUT2D eigenvalue weighted by atomic mass is 19.3. The van der Waals surface area contributed by atoms with Crippen LogP contribution in [0.1, 0.15) is 40.5 Å². The first-order chi connectivity index (χ1) is 4.96. The molecule has 0 saturated carbocycles.